The minimum Gasteiger partial charge on any atom is -0.311 e. The molecule has 0 radical (unpaired) electrons. The zero-order valence-electron chi connectivity index (χ0n) is 16.9. The lowest BCUT2D eigenvalue weighted by Crippen LogP contribution is -2.26. The Morgan fingerprint density at radius 3 is 2.23 bits per heavy atom. The lowest BCUT2D eigenvalue weighted by molar-refractivity contribution is 0.0996. The third-order valence-electron chi connectivity index (χ3n) is 5.54. The molecule has 30 heavy (non-hydrogen) atoms. The Bertz CT molecular complexity index is 1530. The highest BCUT2D eigenvalue weighted by Gasteiger charge is 2.20. The molecule has 1 amide bonds. The van der Waals surface area contributed by atoms with E-state index in [1.807, 2.05) is 74.5 Å². The van der Waals surface area contributed by atoms with Gasteiger partial charge >= 0.3 is 0 Å². The number of nitrogens with zero attached hydrogens (tertiary/aromatic N) is 1. The average Bonchev–Trinajstić information content (AvgIpc) is 3.10. The number of hydrogen-bond acceptors (Lipinski definition) is 4. The molecule has 5 rings (SSSR count). The molecule has 0 atom stereocenters. The van der Waals surface area contributed by atoms with Crippen molar-refractivity contribution < 1.29 is 4.79 Å². The number of rotatable bonds is 2. The van der Waals surface area contributed by atoms with E-state index in [4.69, 9.17) is 0 Å². The van der Waals surface area contributed by atoms with Crippen LogP contribution in [0, 0.1) is 13.8 Å². The molecular formula is C25H19NO2S2. The fourth-order valence-electron chi connectivity index (χ4n) is 3.81. The number of anilines is 1. The van der Waals surface area contributed by atoms with Crippen LogP contribution in [0.3, 0.4) is 0 Å². The van der Waals surface area contributed by atoms with Crippen LogP contribution in [0.5, 0.6) is 0 Å². The molecule has 0 aliphatic carbocycles. The number of carbonyl (C=O) groups is 1. The van der Waals surface area contributed by atoms with Gasteiger partial charge in [0.2, 0.25) is 0 Å². The second-order valence-corrected chi connectivity index (χ2v) is 9.66. The molecule has 5 aromatic rings. The maximum absolute atomic E-state index is 13.3. The summed E-state index contributed by atoms with van der Waals surface area (Å²) >= 11 is 3.12. The smallest absolute Gasteiger partial charge is 0.268 e. The largest absolute Gasteiger partial charge is 0.311 e. The van der Waals surface area contributed by atoms with Gasteiger partial charge in [-0.3, -0.25) is 9.59 Å². The van der Waals surface area contributed by atoms with Gasteiger partial charge in [0.15, 0.2) is 5.43 Å². The maximum atomic E-state index is 13.3. The van der Waals surface area contributed by atoms with E-state index in [9.17, 15) is 9.59 Å². The Balaban J connectivity index is 1.62. The van der Waals surface area contributed by atoms with Crippen molar-refractivity contribution in [1.82, 2.24) is 0 Å². The number of benzene rings is 3. The van der Waals surface area contributed by atoms with Crippen LogP contribution < -0.4 is 10.3 Å². The van der Waals surface area contributed by atoms with E-state index in [-0.39, 0.29) is 11.3 Å². The fraction of sp³-hybridized carbons (Fsp3) is 0.120. The second-order valence-electron chi connectivity index (χ2n) is 7.53. The van der Waals surface area contributed by atoms with Crippen LogP contribution in [0.2, 0.25) is 0 Å². The molecule has 0 unspecified atom stereocenters. The summed E-state index contributed by atoms with van der Waals surface area (Å²) in [5, 5.41) is 2.51. The predicted molar refractivity (Wildman–Crippen MR) is 130 cm³/mol. The van der Waals surface area contributed by atoms with Gasteiger partial charge in [0.05, 0.1) is 4.88 Å². The summed E-state index contributed by atoms with van der Waals surface area (Å²) in [5.41, 5.74) is 2.81. The number of thiophene rings is 1. The molecule has 0 aliphatic heterocycles. The molecule has 3 nitrogen and oxygen atoms in total. The Morgan fingerprint density at radius 1 is 0.800 bits per heavy atom. The third-order valence-corrected chi connectivity index (χ3v) is 7.95. The molecule has 5 heteroatoms. The minimum atomic E-state index is -0.0548. The SMILES string of the molecule is Cc1ccc2sc3ccc(N(C)C(=O)c4sc5ccccc5c4C)cc3c(=O)c2c1. The summed E-state index contributed by atoms with van der Waals surface area (Å²) in [6.07, 6.45) is 0. The van der Waals surface area contributed by atoms with E-state index in [2.05, 4.69) is 0 Å². The zero-order valence-corrected chi connectivity index (χ0v) is 18.5. The lowest BCUT2D eigenvalue weighted by Gasteiger charge is -2.17. The van der Waals surface area contributed by atoms with Crippen LogP contribution in [0.1, 0.15) is 20.8 Å². The van der Waals surface area contributed by atoms with E-state index < -0.39 is 0 Å². The van der Waals surface area contributed by atoms with E-state index in [1.54, 1.807) is 23.3 Å². The van der Waals surface area contributed by atoms with E-state index in [1.165, 1.54) is 11.3 Å². The van der Waals surface area contributed by atoms with Gasteiger partial charge in [-0.15, -0.1) is 22.7 Å². The predicted octanol–water partition coefficient (Wildman–Crippen LogP) is 6.52. The molecule has 0 spiro atoms. The normalized spacial score (nSPS) is 11.4. The van der Waals surface area contributed by atoms with Gasteiger partial charge in [-0.25, -0.2) is 0 Å². The number of aryl methyl sites for hydroxylation is 2. The van der Waals surface area contributed by atoms with Gasteiger partial charge in [0, 0.05) is 37.6 Å². The van der Waals surface area contributed by atoms with Gasteiger partial charge in [0.25, 0.3) is 5.91 Å². The van der Waals surface area contributed by atoms with Crippen LogP contribution >= 0.6 is 22.7 Å². The first kappa shape index (κ1) is 19.0. The Kier molecular flexibility index (Phi) is 4.45. The highest BCUT2D eigenvalue weighted by atomic mass is 32.1. The Morgan fingerprint density at radius 2 is 1.47 bits per heavy atom. The summed E-state index contributed by atoms with van der Waals surface area (Å²) < 4.78 is 3.02. The van der Waals surface area contributed by atoms with Crippen molar-refractivity contribution >= 4 is 64.5 Å². The van der Waals surface area contributed by atoms with Gasteiger partial charge in [-0.05, 0) is 61.2 Å². The Hall–Kier alpha value is -3.02. The standard InChI is InChI=1S/C25H19NO2S2/c1-14-8-10-21-18(12-14)23(27)19-13-16(9-11-22(19)29-21)26(3)25(28)24-15(2)17-6-4-5-7-20(17)30-24/h4-13H,1-3H3. The topological polar surface area (TPSA) is 37.4 Å². The molecule has 0 bridgehead atoms. The van der Waals surface area contributed by atoms with Crippen molar-refractivity contribution in [3.63, 3.8) is 0 Å². The van der Waals surface area contributed by atoms with Gasteiger partial charge < -0.3 is 4.90 Å². The van der Waals surface area contributed by atoms with Crippen LogP contribution in [-0.2, 0) is 0 Å². The summed E-state index contributed by atoms with van der Waals surface area (Å²) in [4.78, 5) is 28.8. The van der Waals surface area contributed by atoms with Gasteiger partial charge in [0.1, 0.15) is 0 Å². The summed E-state index contributed by atoms with van der Waals surface area (Å²) in [5.74, 6) is -0.0548. The van der Waals surface area contributed by atoms with Gasteiger partial charge in [-0.1, -0.05) is 29.8 Å². The minimum absolute atomic E-state index is 0.0168. The fourth-order valence-corrected chi connectivity index (χ4v) is 6.03. The zero-order chi connectivity index (χ0) is 21.0. The van der Waals surface area contributed by atoms with Crippen LogP contribution in [-0.4, -0.2) is 13.0 Å². The molecule has 0 fully saturated rings. The van der Waals surface area contributed by atoms with Crippen molar-refractivity contribution in [2.45, 2.75) is 13.8 Å². The molecule has 0 saturated carbocycles. The number of carbonyl (C=O) groups excluding carboxylic acids is 1. The van der Waals surface area contributed by atoms with Crippen molar-refractivity contribution in [2.75, 3.05) is 11.9 Å². The summed E-state index contributed by atoms with van der Waals surface area (Å²) in [6.45, 7) is 3.98. The van der Waals surface area contributed by atoms with E-state index >= 15 is 0 Å². The van der Waals surface area contributed by atoms with Crippen molar-refractivity contribution in [1.29, 1.82) is 0 Å². The first-order valence-electron chi connectivity index (χ1n) is 9.67. The molecule has 0 N–H and O–H groups in total. The lowest BCUT2D eigenvalue weighted by atomic mass is 10.1. The molecule has 3 aromatic carbocycles. The number of hydrogen-bond donors (Lipinski definition) is 0. The molecular weight excluding hydrogens is 410 g/mol. The second kappa shape index (κ2) is 7.04. The third kappa shape index (κ3) is 2.93. The highest BCUT2D eigenvalue weighted by molar-refractivity contribution is 7.24. The molecule has 0 aliphatic rings. The number of fused-ring (bicyclic) bond motifs is 3. The van der Waals surface area contributed by atoms with E-state index in [0.717, 1.165) is 46.6 Å². The van der Waals surface area contributed by atoms with Crippen molar-refractivity contribution in [3.8, 4) is 0 Å². The first-order chi connectivity index (χ1) is 14.4. The Labute approximate surface area is 181 Å². The van der Waals surface area contributed by atoms with Gasteiger partial charge in [-0.2, -0.15) is 0 Å². The molecule has 2 aromatic heterocycles. The van der Waals surface area contributed by atoms with E-state index in [0.29, 0.717) is 5.39 Å². The molecule has 0 saturated heterocycles. The monoisotopic (exact) mass is 429 g/mol. The van der Waals surface area contributed by atoms with Crippen LogP contribution in [0.25, 0.3) is 30.3 Å². The average molecular weight is 430 g/mol. The highest BCUT2D eigenvalue weighted by Crippen LogP contribution is 2.33. The molecule has 2 heterocycles. The quantitative estimate of drug-likeness (QED) is 0.299. The maximum Gasteiger partial charge on any atom is 0.268 e. The first-order valence-corrected chi connectivity index (χ1v) is 11.3. The van der Waals surface area contributed by atoms with Crippen molar-refractivity contribution in [3.05, 3.63) is 86.9 Å². The van der Waals surface area contributed by atoms with Crippen LogP contribution in [0.15, 0.2) is 65.5 Å². The van der Waals surface area contributed by atoms with Crippen molar-refractivity contribution in [2.24, 2.45) is 0 Å². The summed E-state index contributed by atoms with van der Waals surface area (Å²) in [6, 6.07) is 19.7. The number of amides is 1. The summed E-state index contributed by atoms with van der Waals surface area (Å²) in [7, 11) is 1.77. The molecule has 148 valence electrons. The van der Waals surface area contributed by atoms with Crippen LogP contribution in [0.4, 0.5) is 5.69 Å².